The molecule has 0 saturated heterocycles. The molecule has 0 aliphatic carbocycles. The number of anilines is 1. The van der Waals surface area contributed by atoms with Gasteiger partial charge in [0, 0.05) is 13.1 Å². The molecule has 0 bridgehead atoms. The maximum absolute atomic E-state index is 12.4. The number of carboxylic acid groups (broad SMARTS) is 1. The maximum atomic E-state index is 12.4. The van der Waals surface area contributed by atoms with E-state index in [2.05, 4.69) is 4.98 Å². The number of carboxylic acids is 1. The third kappa shape index (κ3) is 2.43. The number of fused-ring (bicyclic) bond motifs is 1. The fraction of sp³-hybridized carbons (Fsp3) is 0.133. The molecular formula is C15H13N3O3. The first-order valence-corrected chi connectivity index (χ1v) is 6.40. The molecule has 2 aromatic rings. The summed E-state index contributed by atoms with van der Waals surface area (Å²) in [7, 11) is 0. The van der Waals surface area contributed by atoms with Crippen LogP contribution in [0.2, 0.25) is 0 Å². The van der Waals surface area contributed by atoms with Crippen LogP contribution in [0.4, 0.5) is 5.69 Å². The maximum Gasteiger partial charge on any atom is 0.335 e. The van der Waals surface area contributed by atoms with Crippen LogP contribution in [0.5, 0.6) is 0 Å². The molecule has 1 aromatic heterocycles. The minimum atomic E-state index is -0.970. The lowest BCUT2D eigenvalue weighted by atomic mass is 10.1. The monoisotopic (exact) mass is 283 g/mol. The van der Waals surface area contributed by atoms with Gasteiger partial charge in [0.2, 0.25) is 0 Å². The van der Waals surface area contributed by atoms with E-state index in [4.69, 9.17) is 10.8 Å². The Hall–Kier alpha value is -2.89. The predicted molar refractivity (Wildman–Crippen MR) is 75.6 cm³/mol. The van der Waals surface area contributed by atoms with Crippen LogP contribution in [0.15, 0.2) is 36.5 Å². The van der Waals surface area contributed by atoms with Crippen LogP contribution in [0.3, 0.4) is 0 Å². The molecule has 1 aliphatic rings. The molecule has 2 heterocycles. The van der Waals surface area contributed by atoms with E-state index in [1.165, 1.54) is 6.20 Å². The van der Waals surface area contributed by atoms with E-state index in [1.807, 2.05) is 0 Å². The van der Waals surface area contributed by atoms with Gasteiger partial charge in [-0.2, -0.15) is 0 Å². The summed E-state index contributed by atoms with van der Waals surface area (Å²) >= 11 is 0. The first-order chi connectivity index (χ1) is 10.0. The molecule has 0 atom stereocenters. The lowest BCUT2D eigenvalue weighted by Crippen LogP contribution is -2.26. The minimum absolute atomic E-state index is 0.192. The second kappa shape index (κ2) is 4.90. The predicted octanol–water partition coefficient (Wildman–Crippen LogP) is 1.52. The zero-order valence-corrected chi connectivity index (χ0v) is 11.1. The fourth-order valence-electron chi connectivity index (χ4n) is 2.36. The number of nitrogens with zero attached hydrogens (tertiary/aromatic N) is 2. The molecule has 0 spiro atoms. The molecule has 0 radical (unpaired) electrons. The normalized spacial score (nSPS) is 13.0. The van der Waals surface area contributed by atoms with Gasteiger partial charge >= 0.3 is 5.97 Å². The van der Waals surface area contributed by atoms with Gasteiger partial charge in [-0.05, 0) is 35.4 Å². The van der Waals surface area contributed by atoms with Gasteiger partial charge in [-0.25, -0.2) is 9.78 Å². The van der Waals surface area contributed by atoms with Crippen molar-refractivity contribution in [3.63, 3.8) is 0 Å². The van der Waals surface area contributed by atoms with Gasteiger partial charge in [0.05, 0.1) is 17.4 Å². The van der Waals surface area contributed by atoms with Gasteiger partial charge in [-0.3, -0.25) is 4.79 Å². The van der Waals surface area contributed by atoms with Crippen molar-refractivity contribution in [2.75, 3.05) is 5.73 Å². The third-order valence-corrected chi connectivity index (χ3v) is 3.47. The average Bonchev–Trinajstić information content (AvgIpc) is 2.90. The van der Waals surface area contributed by atoms with Crippen LogP contribution in [0.1, 0.15) is 32.0 Å². The third-order valence-electron chi connectivity index (χ3n) is 3.47. The lowest BCUT2D eigenvalue weighted by Gasteiger charge is -2.14. The second-order valence-corrected chi connectivity index (χ2v) is 4.93. The van der Waals surface area contributed by atoms with Gasteiger partial charge in [-0.15, -0.1) is 0 Å². The van der Waals surface area contributed by atoms with Crippen molar-refractivity contribution in [1.29, 1.82) is 0 Å². The zero-order valence-electron chi connectivity index (χ0n) is 11.1. The van der Waals surface area contributed by atoms with E-state index < -0.39 is 5.97 Å². The Morgan fingerprint density at radius 2 is 1.90 bits per heavy atom. The molecule has 0 fully saturated rings. The van der Waals surface area contributed by atoms with Gasteiger partial charge in [0.15, 0.2) is 0 Å². The number of aromatic carboxylic acids is 1. The van der Waals surface area contributed by atoms with Gasteiger partial charge in [-0.1, -0.05) is 6.07 Å². The number of benzene rings is 1. The number of hydrogen-bond donors (Lipinski definition) is 2. The Kier molecular flexibility index (Phi) is 3.06. The van der Waals surface area contributed by atoms with E-state index >= 15 is 0 Å². The summed E-state index contributed by atoms with van der Waals surface area (Å²) in [4.78, 5) is 29.0. The highest BCUT2D eigenvalue weighted by Gasteiger charge is 2.25. The molecule has 1 aliphatic heterocycles. The SMILES string of the molecule is Nc1ccc(C(=O)N2Cc3ccc(C(=O)O)cc3C2)nc1. The van der Waals surface area contributed by atoms with Gasteiger partial charge < -0.3 is 15.7 Å². The number of carbonyl (C=O) groups excluding carboxylic acids is 1. The summed E-state index contributed by atoms with van der Waals surface area (Å²) in [6, 6.07) is 8.13. The van der Waals surface area contributed by atoms with E-state index in [-0.39, 0.29) is 11.5 Å². The van der Waals surface area contributed by atoms with Crippen molar-refractivity contribution in [2.45, 2.75) is 13.1 Å². The fourth-order valence-corrected chi connectivity index (χ4v) is 2.36. The number of nitrogen functional groups attached to an aromatic ring is 1. The molecule has 0 unspecified atom stereocenters. The number of rotatable bonds is 2. The van der Waals surface area contributed by atoms with Crippen LogP contribution < -0.4 is 5.73 Å². The summed E-state index contributed by atoms with van der Waals surface area (Å²) in [5, 5.41) is 8.99. The highest BCUT2D eigenvalue weighted by molar-refractivity contribution is 5.93. The summed E-state index contributed by atoms with van der Waals surface area (Å²) in [5.41, 5.74) is 8.43. The average molecular weight is 283 g/mol. The molecule has 6 nitrogen and oxygen atoms in total. The van der Waals surface area contributed by atoms with Gasteiger partial charge in [0.1, 0.15) is 5.69 Å². The van der Waals surface area contributed by atoms with Crippen molar-refractivity contribution in [2.24, 2.45) is 0 Å². The van der Waals surface area contributed by atoms with Crippen LogP contribution in [0.25, 0.3) is 0 Å². The number of aromatic nitrogens is 1. The van der Waals surface area contributed by atoms with E-state index in [9.17, 15) is 9.59 Å². The Labute approximate surface area is 120 Å². The van der Waals surface area contributed by atoms with Gasteiger partial charge in [0.25, 0.3) is 5.91 Å². The first kappa shape index (κ1) is 13.1. The number of amides is 1. The molecule has 1 aromatic carbocycles. The highest BCUT2D eigenvalue weighted by Crippen LogP contribution is 2.25. The zero-order chi connectivity index (χ0) is 15.0. The van der Waals surface area contributed by atoms with Crippen LogP contribution >= 0.6 is 0 Å². The van der Waals surface area contributed by atoms with Crippen LogP contribution in [0, 0.1) is 0 Å². The van der Waals surface area contributed by atoms with Crippen molar-refractivity contribution < 1.29 is 14.7 Å². The van der Waals surface area contributed by atoms with E-state index in [0.29, 0.717) is 24.5 Å². The summed E-state index contributed by atoms with van der Waals surface area (Å²) in [6.45, 7) is 0.849. The highest BCUT2D eigenvalue weighted by atomic mass is 16.4. The quantitative estimate of drug-likeness (QED) is 0.871. The Morgan fingerprint density at radius 1 is 1.14 bits per heavy atom. The van der Waals surface area contributed by atoms with Crippen LogP contribution in [-0.2, 0) is 13.1 Å². The molecule has 106 valence electrons. The van der Waals surface area contributed by atoms with Crippen molar-refractivity contribution in [3.8, 4) is 0 Å². The van der Waals surface area contributed by atoms with E-state index in [1.54, 1.807) is 35.2 Å². The standard InChI is InChI=1S/C15H13N3O3/c16-12-3-4-13(17-6-12)14(19)18-7-10-2-1-9(15(20)21)5-11(10)8-18/h1-6H,7-8,16H2,(H,20,21). The molecule has 3 N–H and O–H groups in total. The number of pyridine rings is 1. The lowest BCUT2D eigenvalue weighted by molar-refractivity contribution is 0.0696. The Balaban J connectivity index is 1.82. The van der Waals surface area contributed by atoms with E-state index in [0.717, 1.165) is 11.1 Å². The summed E-state index contributed by atoms with van der Waals surface area (Å²) in [6.07, 6.45) is 1.44. The van der Waals surface area contributed by atoms with Crippen LogP contribution in [-0.4, -0.2) is 26.9 Å². The largest absolute Gasteiger partial charge is 0.478 e. The minimum Gasteiger partial charge on any atom is -0.478 e. The Morgan fingerprint density at radius 3 is 2.57 bits per heavy atom. The van der Waals surface area contributed by atoms with Crippen molar-refractivity contribution in [3.05, 3.63) is 58.9 Å². The topological polar surface area (TPSA) is 96.5 Å². The Bertz CT molecular complexity index is 725. The molecule has 3 rings (SSSR count). The number of nitrogens with two attached hydrogens (primary N) is 1. The second-order valence-electron chi connectivity index (χ2n) is 4.93. The molecule has 1 amide bonds. The molecule has 0 saturated carbocycles. The summed E-state index contributed by atoms with van der Waals surface area (Å²) < 4.78 is 0. The first-order valence-electron chi connectivity index (χ1n) is 6.40. The molecule has 21 heavy (non-hydrogen) atoms. The molecular weight excluding hydrogens is 270 g/mol. The number of carbonyl (C=O) groups is 2. The number of hydrogen-bond acceptors (Lipinski definition) is 4. The smallest absolute Gasteiger partial charge is 0.335 e. The van der Waals surface area contributed by atoms with Crippen molar-refractivity contribution >= 4 is 17.6 Å². The van der Waals surface area contributed by atoms with Crippen molar-refractivity contribution in [1.82, 2.24) is 9.88 Å². The molecule has 6 heteroatoms. The summed E-state index contributed by atoms with van der Waals surface area (Å²) in [5.74, 6) is -1.16.